The zero-order chi connectivity index (χ0) is 12.4. The van der Waals surface area contributed by atoms with Crippen molar-refractivity contribution in [2.45, 2.75) is 18.6 Å². The molecular formula is C13H15NO2S. The maximum Gasteiger partial charge on any atom is 0.336 e. The van der Waals surface area contributed by atoms with Gasteiger partial charge in [-0.2, -0.15) is 0 Å². The highest BCUT2D eigenvalue weighted by atomic mass is 32.2. The number of ether oxygens (including phenoxy) is 1. The second-order valence-electron chi connectivity index (χ2n) is 4.00. The fraction of sp³-hybridized carbons (Fsp3) is 0.308. The van der Waals surface area contributed by atoms with Crippen LogP contribution in [0.2, 0.25) is 0 Å². The van der Waals surface area contributed by atoms with Crippen molar-refractivity contribution < 1.29 is 9.53 Å². The molecule has 1 unspecified atom stereocenters. The second-order valence-corrected chi connectivity index (χ2v) is 5.25. The highest BCUT2D eigenvalue weighted by Gasteiger charge is 2.30. The van der Waals surface area contributed by atoms with Gasteiger partial charge in [-0.1, -0.05) is 36.0 Å². The van der Waals surface area contributed by atoms with Crippen LogP contribution in [0.1, 0.15) is 22.8 Å². The molecule has 4 heteroatoms. The molecule has 0 saturated heterocycles. The molecule has 0 aliphatic carbocycles. The monoisotopic (exact) mass is 249 g/mol. The summed E-state index contributed by atoms with van der Waals surface area (Å²) >= 11 is 1.54. The molecule has 0 amide bonds. The molecular weight excluding hydrogens is 234 g/mol. The number of carbonyl (C=O) groups excluding carboxylic acids is 1. The van der Waals surface area contributed by atoms with E-state index in [-0.39, 0.29) is 11.2 Å². The summed E-state index contributed by atoms with van der Waals surface area (Å²) in [7, 11) is 1.38. The molecule has 0 spiro atoms. The van der Waals surface area contributed by atoms with Gasteiger partial charge in [-0.05, 0) is 24.5 Å². The van der Waals surface area contributed by atoms with E-state index >= 15 is 0 Å². The van der Waals surface area contributed by atoms with Gasteiger partial charge in [-0.25, -0.2) is 4.79 Å². The number of carbonyl (C=O) groups is 1. The van der Waals surface area contributed by atoms with E-state index in [1.165, 1.54) is 18.2 Å². The van der Waals surface area contributed by atoms with Crippen LogP contribution in [0, 0.1) is 6.92 Å². The molecule has 2 rings (SSSR count). The molecule has 1 aromatic rings. The molecule has 90 valence electrons. The Balaban J connectivity index is 2.21. The van der Waals surface area contributed by atoms with Gasteiger partial charge < -0.3 is 10.5 Å². The Kier molecular flexibility index (Phi) is 3.43. The van der Waals surface area contributed by atoms with E-state index < -0.39 is 0 Å². The van der Waals surface area contributed by atoms with Gasteiger partial charge in [0.05, 0.1) is 17.7 Å². The van der Waals surface area contributed by atoms with Gasteiger partial charge in [-0.3, -0.25) is 0 Å². The molecule has 0 bridgehead atoms. The number of aryl methyl sites for hydroxylation is 1. The Morgan fingerprint density at radius 1 is 1.47 bits per heavy atom. The van der Waals surface area contributed by atoms with Crippen LogP contribution in [0.3, 0.4) is 0 Å². The van der Waals surface area contributed by atoms with E-state index in [4.69, 9.17) is 10.5 Å². The lowest BCUT2D eigenvalue weighted by molar-refractivity contribution is -0.136. The number of hydrogen-bond donors (Lipinski definition) is 1. The maximum atomic E-state index is 11.5. The molecule has 1 heterocycles. The Bertz CT molecular complexity index is 482. The molecule has 0 fully saturated rings. The molecule has 3 nitrogen and oxygen atoms in total. The van der Waals surface area contributed by atoms with Crippen LogP contribution in [-0.4, -0.2) is 13.1 Å². The number of hydrogen-bond acceptors (Lipinski definition) is 4. The van der Waals surface area contributed by atoms with Crippen LogP contribution in [0.25, 0.3) is 0 Å². The predicted molar refractivity (Wildman–Crippen MR) is 69.4 cm³/mol. The molecule has 0 radical (unpaired) electrons. The van der Waals surface area contributed by atoms with E-state index in [1.54, 1.807) is 11.8 Å². The first kappa shape index (κ1) is 12.0. The van der Waals surface area contributed by atoms with Crippen molar-refractivity contribution in [1.82, 2.24) is 0 Å². The van der Waals surface area contributed by atoms with Gasteiger partial charge in [0.2, 0.25) is 0 Å². The summed E-state index contributed by atoms with van der Waals surface area (Å²) in [5.41, 5.74) is 8.94. The van der Waals surface area contributed by atoms with Crippen molar-refractivity contribution in [1.29, 1.82) is 0 Å². The third-order valence-electron chi connectivity index (χ3n) is 2.92. The molecule has 1 aromatic carbocycles. The highest BCUT2D eigenvalue weighted by Crippen LogP contribution is 2.46. The van der Waals surface area contributed by atoms with Crippen molar-refractivity contribution in [3.05, 3.63) is 46.0 Å². The van der Waals surface area contributed by atoms with Crippen LogP contribution in [0.4, 0.5) is 0 Å². The molecule has 17 heavy (non-hydrogen) atoms. The second kappa shape index (κ2) is 4.84. The van der Waals surface area contributed by atoms with Crippen LogP contribution >= 0.6 is 11.8 Å². The first-order valence-electron chi connectivity index (χ1n) is 5.42. The Hall–Kier alpha value is -1.42. The Labute approximate surface area is 105 Å². The predicted octanol–water partition coefficient (Wildman–Crippen LogP) is 2.52. The fourth-order valence-electron chi connectivity index (χ4n) is 1.98. The van der Waals surface area contributed by atoms with Gasteiger partial charge in [-0.15, -0.1) is 0 Å². The van der Waals surface area contributed by atoms with E-state index in [0.29, 0.717) is 17.0 Å². The molecule has 1 aliphatic rings. The molecule has 0 saturated carbocycles. The third kappa shape index (κ3) is 2.31. The quantitative estimate of drug-likeness (QED) is 0.818. The van der Waals surface area contributed by atoms with E-state index in [1.807, 2.05) is 12.1 Å². The van der Waals surface area contributed by atoms with Crippen molar-refractivity contribution in [3.8, 4) is 0 Å². The molecule has 0 aromatic heterocycles. The minimum Gasteiger partial charge on any atom is -0.466 e. The number of benzene rings is 1. The zero-order valence-electron chi connectivity index (χ0n) is 9.90. The third-order valence-corrected chi connectivity index (χ3v) is 4.13. The summed E-state index contributed by atoms with van der Waals surface area (Å²) in [6, 6.07) is 8.17. The number of rotatable bonds is 2. The summed E-state index contributed by atoms with van der Waals surface area (Å²) in [5.74, 6) is -0.314. The van der Waals surface area contributed by atoms with Gasteiger partial charge >= 0.3 is 5.97 Å². The molecule has 1 atom stereocenters. The van der Waals surface area contributed by atoms with Crippen LogP contribution in [-0.2, 0) is 9.53 Å². The lowest BCUT2D eigenvalue weighted by Gasteiger charge is -2.12. The molecule has 1 aliphatic heterocycles. The summed E-state index contributed by atoms with van der Waals surface area (Å²) in [5, 5.41) is 0.815. The van der Waals surface area contributed by atoms with Gasteiger partial charge in [0, 0.05) is 5.25 Å². The Morgan fingerprint density at radius 3 is 2.82 bits per heavy atom. The van der Waals surface area contributed by atoms with Crippen molar-refractivity contribution >= 4 is 17.7 Å². The lowest BCUT2D eigenvalue weighted by atomic mass is 10.0. The summed E-state index contributed by atoms with van der Waals surface area (Å²) in [6.07, 6.45) is 0.647. The van der Waals surface area contributed by atoms with E-state index in [9.17, 15) is 4.79 Å². The average molecular weight is 249 g/mol. The van der Waals surface area contributed by atoms with Gasteiger partial charge in [0.25, 0.3) is 0 Å². The summed E-state index contributed by atoms with van der Waals surface area (Å²) in [6.45, 7) is 2.07. The van der Waals surface area contributed by atoms with Crippen molar-refractivity contribution in [2.24, 2.45) is 5.73 Å². The van der Waals surface area contributed by atoms with Crippen molar-refractivity contribution in [3.63, 3.8) is 0 Å². The normalized spacial score (nSPS) is 19.5. The first-order valence-corrected chi connectivity index (χ1v) is 6.30. The maximum absolute atomic E-state index is 11.5. The smallest absolute Gasteiger partial charge is 0.336 e. The number of esters is 1. The number of nitrogens with two attached hydrogens (primary N) is 1. The topological polar surface area (TPSA) is 52.3 Å². The minimum atomic E-state index is -0.314. The first-order chi connectivity index (χ1) is 8.13. The van der Waals surface area contributed by atoms with Gasteiger partial charge in [0.1, 0.15) is 0 Å². The largest absolute Gasteiger partial charge is 0.466 e. The van der Waals surface area contributed by atoms with Crippen LogP contribution < -0.4 is 5.73 Å². The highest BCUT2D eigenvalue weighted by molar-refractivity contribution is 8.03. The van der Waals surface area contributed by atoms with Crippen molar-refractivity contribution in [2.75, 3.05) is 7.11 Å². The lowest BCUT2D eigenvalue weighted by Crippen LogP contribution is -2.07. The van der Waals surface area contributed by atoms with Crippen LogP contribution in [0.5, 0.6) is 0 Å². The Morgan fingerprint density at radius 2 is 2.18 bits per heavy atom. The van der Waals surface area contributed by atoms with E-state index in [2.05, 4.69) is 19.1 Å². The minimum absolute atomic E-state index is 0.227. The SMILES string of the molecule is COC(=O)C1=C(N)SC(c2ccccc2C)C1. The average Bonchev–Trinajstić information content (AvgIpc) is 2.71. The van der Waals surface area contributed by atoms with E-state index in [0.717, 1.165) is 0 Å². The fourth-order valence-corrected chi connectivity index (χ4v) is 3.24. The standard InChI is InChI=1S/C13H15NO2S/c1-8-5-3-4-6-9(8)11-7-10(12(14)17-11)13(15)16-2/h3-6,11H,7,14H2,1-2H3. The zero-order valence-corrected chi connectivity index (χ0v) is 10.7. The summed E-state index contributed by atoms with van der Waals surface area (Å²) in [4.78, 5) is 11.5. The number of thioether (sulfide) groups is 1. The summed E-state index contributed by atoms with van der Waals surface area (Å²) < 4.78 is 4.73. The molecule has 2 N–H and O–H groups in total. The number of methoxy groups -OCH3 is 1. The van der Waals surface area contributed by atoms with Gasteiger partial charge in [0.15, 0.2) is 0 Å². The van der Waals surface area contributed by atoms with Crippen LogP contribution in [0.15, 0.2) is 34.9 Å².